The van der Waals surface area contributed by atoms with Gasteiger partial charge in [0.2, 0.25) is 0 Å². The lowest BCUT2D eigenvalue weighted by atomic mass is 10.0. The van der Waals surface area contributed by atoms with Crippen molar-refractivity contribution in [1.82, 2.24) is 0 Å². The lowest BCUT2D eigenvalue weighted by Gasteiger charge is -2.22. The number of cyclic esters (lactones) is 1. The number of aliphatic hydroxyl groups is 1. The van der Waals surface area contributed by atoms with Crippen LogP contribution in [0.5, 0.6) is 5.75 Å². The number of hydrogen-bond acceptors (Lipinski definition) is 5. The molecule has 2 N–H and O–H groups in total. The van der Waals surface area contributed by atoms with Crippen molar-refractivity contribution in [2.45, 2.75) is 31.6 Å². The summed E-state index contributed by atoms with van der Waals surface area (Å²) >= 11 is 0. The van der Waals surface area contributed by atoms with Crippen LogP contribution < -0.4 is 10.1 Å². The van der Waals surface area contributed by atoms with E-state index in [2.05, 4.69) is 5.32 Å². The third-order valence-corrected chi connectivity index (χ3v) is 3.22. The Labute approximate surface area is 118 Å². The van der Waals surface area contributed by atoms with E-state index in [4.69, 9.17) is 9.47 Å². The van der Waals surface area contributed by atoms with Gasteiger partial charge in [0.05, 0.1) is 19.6 Å². The molecule has 3 atom stereocenters. The zero-order valence-electron chi connectivity index (χ0n) is 11.6. The highest BCUT2D eigenvalue weighted by molar-refractivity contribution is 5.74. The Hall–Kier alpha value is -2.01. The second-order valence-electron chi connectivity index (χ2n) is 4.65. The van der Waals surface area contributed by atoms with Gasteiger partial charge < -0.3 is 19.9 Å². The maximum Gasteiger partial charge on any atom is 0.308 e. The molecule has 1 heterocycles. The molecule has 5 heteroatoms. The predicted molar refractivity (Wildman–Crippen MR) is 75.7 cm³/mol. The third-order valence-electron chi connectivity index (χ3n) is 3.22. The molecule has 1 aliphatic rings. The summed E-state index contributed by atoms with van der Waals surface area (Å²) in [6, 6.07) is 7.14. The summed E-state index contributed by atoms with van der Waals surface area (Å²) in [5.74, 6) is 0.462. The highest BCUT2D eigenvalue weighted by Crippen LogP contribution is 2.24. The van der Waals surface area contributed by atoms with Gasteiger partial charge in [0.25, 0.3) is 0 Å². The van der Waals surface area contributed by atoms with Crippen LogP contribution in [-0.2, 0) is 9.53 Å². The number of hydrogen-bond donors (Lipinski definition) is 2. The van der Waals surface area contributed by atoms with Crippen molar-refractivity contribution >= 4 is 11.7 Å². The van der Waals surface area contributed by atoms with E-state index in [9.17, 15) is 9.90 Å². The SMILES string of the molecule is C/C=C/[C@H](O)[C@H]1OC(=O)C[C@H]1Nc1ccc(OC)cc1. The molecule has 5 nitrogen and oxygen atoms in total. The van der Waals surface area contributed by atoms with Gasteiger partial charge in [-0.1, -0.05) is 12.2 Å². The first-order valence-electron chi connectivity index (χ1n) is 6.55. The number of benzene rings is 1. The number of anilines is 1. The van der Waals surface area contributed by atoms with Crippen molar-refractivity contribution in [2.24, 2.45) is 0 Å². The monoisotopic (exact) mass is 277 g/mol. The van der Waals surface area contributed by atoms with E-state index in [1.165, 1.54) is 0 Å². The second kappa shape index (κ2) is 6.43. The molecule has 0 spiro atoms. The molecule has 1 aliphatic heterocycles. The van der Waals surface area contributed by atoms with Crippen molar-refractivity contribution in [1.29, 1.82) is 0 Å². The Balaban J connectivity index is 2.07. The number of ether oxygens (including phenoxy) is 2. The fourth-order valence-electron chi connectivity index (χ4n) is 2.23. The van der Waals surface area contributed by atoms with Crippen LogP contribution in [0.25, 0.3) is 0 Å². The zero-order valence-corrected chi connectivity index (χ0v) is 11.6. The molecule has 0 aliphatic carbocycles. The van der Waals surface area contributed by atoms with E-state index in [1.54, 1.807) is 19.3 Å². The van der Waals surface area contributed by atoms with Crippen LogP contribution in [0.3, 0.4) is 0 Å². The minimum Gasteiger partial charge on any atom is -0.497 e. The van der Waals surface area contributed by atoms with Gasteiger partial charge in [-0.25, -0.2) is 0 Å². The van der Waals surface area contributed by atoms with Gasteiger partial charge in [-0.2, -0.15) is 0 Å². The minimum absolute atomic E-state index is 0.241. The second-order valence-corrected chi connectivity index (χ2v) is 4.65. The summed E-state index contributed by atoms with van der Waals surface area (Å²) in [6.07, 6.45) is 2.22. The lowest BCUT2D eigenvalue weighted by Crippen LogP contribution is -2.38. The maximum absolute atomic E-state index is 11.4. The van der Waals surface area contributed by atoms with Crippen molar-refractivity contribution < 1.29 is 19.4 Å². The number of allylic oxidation sites excluding steroid dienone is 1. The van der Waals surface area contributed by atoms with Crippen LogP contribution in [-0.4, -0.2) is 36.4 Å². The van der Waals surface area contributed by atoms with E-state index in [-0.39, 0.29) is 18.4 Å². The summed E-state index contributed by atoms with van der Waals surface area (Å²) in [5, 5.41) is 13.2. The molecule has 0 saturated carbocycles. The van der Waals surface area contributed by atoms with Crippen LogP contribution in [0.4, 0.5) is 5.69 Å². The molecule has 1 aromatic carbocycles. The first kappa shape index (κ1) is 14.4. The van der Waals surface area contributed by atoms with Gasteiger partial charge in [0.15, 0.2) is 6.10 Å². The normalized spacial score (nSPS) is 23.6. The molecule has 1 saturated heterocycles. The molecule has 0 unspecified atom stereocenters. The smallest absolute Gasteiger partial charge is 0.308 e. The van der Waals surface area contributed by atoms with E-state index in [1.807, 2.05) is 31.2 Å². The Morgan fingerprint density at radius 1 is 1.45 bits per heavy atom. The summed E-state index contributed by atoms with van der Waals surface area (Å²) in [7, 11) is 1.61. The standard InChI is InChI=1S/C15H19NO4/c1-3-4-13(17)15-12(9-14(18)20-15)16-10-5-7-11(19-2)8-6-10/h3-8,12-13,15-17H,9H2,1-2H3/b4-3+/t12-,13+,15+/m1/s1. The number of nitrogens with one attached hydrogen (secondary N) is 1. The number of rotatable bonds is 5. The Morgan fingerprint density at radius 3 is 2.75 bits per heavy atom. The first-order chi connectivity index (χ1) is 9.63. The quantitative estimate of drug-likeness (QED) is 0.633. The van der Waals surface area contributed by atoms with Crippen LogP contribution in [0.15, 0.2) is 36.4 Å². The molecule has 0 bridgehead atoms. The molecule has 1 aromatic rings. The number of methoxy groups -OCH3 is 1. The van der Waals surface area contributed by atoms with Crippen LogP contribution in [0, 0.1) is 0 Å². The van der Waals surface area contributed by atoms with Crippen LogP contribution >= 0.6 is 0 Å². The number of carbonyl (C=O) groups is 1. The molecular formula is C15H19NO4. The van der Waals surface area contributed by atoms with Gasteiger partial charge >= 0.3 is 5.97 Å². The summed E-state index contributed by atoms with van der Waals surface area (Å²) in [5.41, 5.74) is 0.853. The van der Waals surface area contributed by atoms with Crippen molar-refractivity contribution in [2.75, 3.05) is 12.4 Å². The first-order valence-corrected chi connectivity index (χ1v) is 6.55. The minimum atomic E-state index is -0.804. The maximum atomic E-state index is 11.4. The van der Waals surface area contributed by atoms with E-state index >= 15 is 0 Å². The Bertz CT molecular complexity index is 483. The summed E-state index contributed by atoms with van der Waals surface area (Å²) in [4.78, 5) is 11.4. The van der Waals surface area contributed by atoms with Gasteiger partial charge in [-0.05, 0) is 31.2 Å². The Morgan fingerprint density at radius 2 is 2.15 bits per heavy atom. The lowest BCUT2D eigenvalue weighted by molar-refractivity contribution is -0.144. The van der Waals surface area contributed by atoms with E-state index in [0.29, 0.717) is 0 Å². The number of carbonyl (C=O) groups excluding carboxylic acids is 1. The van der Waals surface area contributed by atoms with Crippen LogP contribution in [0.1, 0.15) is 13.3 Å². The molecular weight excluding hydrogens is 258 g/mol. The molecule has 108 valence electrons. The van der Waals surface area contributed by atoms with E-state index < -0.39 is 12.2 Å². The van der Waals surface area contributed by atoms with Gasteiger partial charge in [0, 0.05) is 5.69 Å². The summed E-state index contributed by atoms with van der Waals surface area (Å²) in [6.45, 7) is 1.81. The molecule has 1 fully saturated rings. The van der Waals surface area contributed by atoms with Crippen molar-refractivity contribution in [3.63, 3.8) is 0 Å². The average Bonchev–Trinajstić information content (AvgIpc) is 2.81. The molecule has 0 aromatic heterocycles. The topological polar surface area (TPSA) is 67.8 Å². The fourth-order valence-corrected chi connectivity index (χ4v) is 2.23. The predicted octanol–water partition coefficient (Wildman–Crippen LogP) is 1.73. The van der Waals surface area contributed by atoms with Crippen molar-refractivity contribution in [3.8, 4) is 5.75 Å². The summed E-state index contributed by atoms with van der Waals surface area (Å²) < 4.78 is 10.3. The van der Waals surface area contributed by atoms with Crippen molar-refractivity contribution in [3.05, 3.63) is 36.4 Å². The average molecular weight is 277 g/mol. The van der Waals surface area contributed by atoms with Gasteiger partial charge in [-0.15, -0.1) is 0 Å². The third kappa shape index (κ3) is 3.30. The highest BCUT2D eigenvalue weighted by atomic mass is 16.6. The van der Waals surface area contributed by atoms with Crippen LogP contribution in [0.2, 0.25) is 0 Å². The highest BCUT2D eigenvalue weighted by Gasteiger charge is 2.38. The zero-order chi connectivity index (χ0) is 14.5. The Kier molecular flexibility index (Phi) is 4.63. The molecule has 20 heavy (non-hydrogen) atoms. The molecule has 2 rings (SSSR count). The number of esters is 1. The fraction of sp³-hybridized carbons (Fsp3) is 0.400. The largest absolute Gasteiger partial charge is 0.497 e. The van der Waals surface area contributed by atoms with Gasteiger partial charge in [-0.3, -0.25) is 4.79 Å². The molecule has 0 radical (unpaired) electrons. The van der Waals surface area contributed by atoms with E-state index in [0.717, 1.165) is 11.4 Å². The number of aliphatic hydroxyl groups excluding tert-OH is 1. The molecule has 0 amide bonds. The van der Waals surface area contributed by atoms with Gasteiger partial charge in [0.1, 0.15) is 11.9 Å².